The van der Waals surface area contributed by atoms with E-state index in [9.17, 15) is 14.4 Å². The smallest absolute Gasteiger partial charge is 0.344 e. The molecule has 3 amide bonds. The highest BCUT2D eigenvalue weighted by Crippen LogP contribution is 2.24. The molecule has 0 aliphatic heterocycles. The van der Waals surface area contributed by atoms with Crippen LogP contribution in [0.15, 0.2) is 24.3 Å². The summed E-state index contributed by atoms with van der Waals surface area (Å²) in [5.74, 6) is -0.709. The first-order valence-corrected chi connectivity index (χ1v) is 8.97. The molecule has 1 saturated carbocycles. The number of carbonyl (C=O) groups is 3. The largest absolute Gasteiger partial charge is 0.480 e. The molecule has 142 valence electrons. The summed E-state index contributed by atoms with van der Waals surface area (Å²) in [7, 11) is 0. The second kappa shape index (κ2) is 10.0. The Balaban J connectivity index is 1.65. The van der Waals surface area contributed by atoms with Crippen LogP contribution in [0.25, 0.3) is 0 Å². The van der Waals surface area contributed by atoms with Gasteiger partial charge in [-0.05, 0) is 30.9 Å². The van der Waals surface area contributed by atoms with Crippen molar-refractivity contribution in [3.05, 3.63) is 29.3 Å². The molecule has 0 spiro atoms. The van der Waals surface area contributed by atoms with Crippen molar-refractivity contribution in [3.8, 4) is 5.75 Å². The van der Waals surface area contributed by atoms with Gasteiger partial charge in [0, 0.05) is 6.04 Å². The predicted octanol–water partition coefficient (Wildman–Crippen LogP) is 2.67. The Morgan fingerprint density at radius 3 is 2.62 bits per heavy atom. The molecule has 1 aliphatic carbocycles. The summed E-state index contributed by atoms with van der Waals surface area (Å²) in [5.41, 5.74) is 0. The van der Waals surface area contributed by atoms with Crippen LogP contribution in [0.1, 0.15) is 32.6 Å². The molecule has 2 N–H and O–H groups in total. The summed E-state index contributed by atoms with van der Waals surface area (Å²) < 4.78 is 9.99. The zero-order valence-corrected chi connectivity index (χ0v) is 15.4. The number of amides is 3. The maximum Gasteiger partial charge on any atom is 0.344 e. The van der Waals surface area contributed by atoms with Gasteiger partial charge in [-0.25, -0.2) is 9.59 Å². The van der Waals surface area contributed by atoms with Crippen LogP contribution in [0.2, 0.25) is 5.02 Å². The molecule has 7 nitrogen and oxygen atoms in total. The Labute approximate surface area is 157 Å². The summed E-state index contributed by atoms with van der Waals surface area (Å²) in [6.45, 7) is 1.13. The third-order valence-electron chi connectivity index (χ3n) is 4.23. The topological polar surface area (TPSA) is 93.7 Å². The van der Waals surface area contributed by atoms with Crippen molar-refractivity contribution in [1.29, 1.82) is 0 Å². The average Bonchev–Trinajstić information content (AvgIpc) is 2.61. The first-order valence-electron chi connectivity index (χ1n) is 8.59. The Hall–Kier alpha value is -2.28. The normalized spacial score (nSPS) is 19.3. The van der Waals surface area contributed by atoms with E-state index in [1.807, 2.05) is 0 Å². The fraction of sp³-hybridized carbons (Fsp3) is 0.500. The van der Waals surface area contributed by atoms with E-state index in [0.29, 0.717) is 16.7 Å². The van der Waals surface area contributed by atoms with Crippen molar-refractivity contribution in [2.24, 2.45) is 5.92 Å². The van der Waals surface area contributed by atoms with Crippen LogP contribution >= 0.6 is 11.6 Å². The van der Waals surface area contributed by atoms with Gasteiger partial charge in [-0.1, -0.05) is 43.5 Å². The third kappa shape index (κ3) is 6.55. The highest BCUT2D eigenvalue weighted by molar-refractivity contribution is 6.32. The molecule has 0 unspecified atom stereocenters. The van der Waals surface area contributed by atoms with Crippen LogP contribution in [-0.4, -0.2) is 37.2 Å². The molecule has 0 heterocycles. The molecular weight excluding hydrogens is 360 g/mol. The second-order valence-corrected chi connectivity index (χ2v) is 6.68. The number of nitrogens with one attached hydrogen (secondary N) is 2. The summed E-state index contributed by atoms with van der Waals surface area (Å²) in [6, 6.07) is 6.17. The second-order valence-electron chi connectivity index (χ2n) is 6.27. The van der Waals surface area contributed by atoms with E-state index in [0.717, 1.165) is 25.7 Å². The fourth-order valence-corrected chi connectivity index (χ4v) is 2.97. The number of carbonyl (C=O) groups excluding carboxylic acids is 3. The minimum atomic E-state index is -0.735. The number of halogens is 1. The van der Waals surface area contributed by atoms with Crippen LogP contribution in [-0.2, 0) is 14.3 Å². The van der Waals surface area contributed by atoms with Crippen LogP contribution in [0.4, 0.5) is 4.79 Å². The number of rotatable bonds is 6. The number of ether oxygens (including phenoxy) is 2. The number of hydrogen-bond acceptors (Lipinski definition) is 5. The van der Waals surface area contributed by atoms with Crippen molar-refractivity contribution in [2.45, 2.75) is 38.6 Å². The molecule has 1 aromatic carbocycles. The minimum absolute atomic E-state index is 0.0584. The summed E-state index contributed by atoms with van der Waals surface area (Å²) in [5, 5.41) is 5.31. The number of hydrogen-bond donors (Lipinski definition) is 2. The molecule has 0 bridgehead atoms. The molecule has 0 saturated heterocycles. The monoisotopic (exact) mass is 382 g/mol. The van der Waals surface area contributed by atoms with E-state index in [4.69, 9.17) is 21.1 Å². The molecule has 1 fully saturated rings. The standard InChI is InChI=1S/C18H23ClN2O5/c1-12-6-2-4-8-14(12)20-18(24)21-16(22)10-26-17(23)11-25-15-9-5-3-7-13(15)19/h3,5,7,9,12,14H,2,4,6,8,10-11H2,1H3,(H2,20,21,22,24)/t12-,14-/m1/s1. The van der Waals surface area contributed by atoms with Crippen molar-refractivity contribution < 1.29 is 23.9 Å². The average molecular weight is 383 g/mol. The molecule has 26 heavy (non-hydrogen) atoms. The van der Waals surface area contributed by atoms with Crippen molar-refractivity contribution in [3.63, 3.8) is 0 Å². The number of urea groups is 1. The lowest BCUT2D eigenvalue weighted by Crippen LogP contribution is -2.48. The molecule has 2 atom stereocenters. The first kappa shape index (κ1) is 20.0. The van der Waals surface area contributed by atoms with Crippen LogP contribution in [0.3, 0.4) is 0 Å². The SMILES string of the molecule is C[C@@H]1CCCC[C@H]1NC(=O)NC(=O)COC(=O)COc1ccccc1Cl. The van der Waals surface area contributed by atoms with E-state index >= 15 is 0 Å². The number of esters is 1. The van der Waals surface area contributed by atoms with Gasteiger partial charge in [-0.3, -0.25) is 10.1 Å². The van der Waals surface area contributed by atoms with E-state index in [2.05, 4.69) is 17.6 Å². The predicted molar refractivity (Wildman–Crippen MR) is 96.0 cm³/mol. The number of imide groups is 1. The summed E-state index contributed by atoms with van der Waals surface area (Å²) in [6.07, 6.45) is 4.18. The van der Waals surface area contributed by atoms with Gasteiger partial charge in [0.2, 0.25) is 0 Å². The van der Waals surface area contributed by atoms with Gasteiger partial charge in [0.15, 0.2) is 13.2 Å². The molecule has 1 aromatic rings. The van der Waals surface area contributed by atoms with Crippen molar-refractivity contribution in [2.75, 3.05) is 13.2 Å². The Bertz CT molecular complexity index is 652. The van der Waals surface area contributed by atoms with E-state index in [1.54, 1.807) is 24.3 Å². The van der Waals surface area contributed by atoms with Crippen LogP contribution in [0.5, 0.6) is 5.75 Å². The maximum atomic E-state index is 11.8. The lowest BCUT2D eigenvalue weighted by atomic mass is 9.86. The van der Waals surface area contributed by atoms with Gasteiger partial charge in [0.1, 0.15) is 5.75 Å². The van der Waals surface area contributed by atoms with Crippen LogP contribution < -0.4 is 15.4 Å². The first-order chi connectivity index (χ1) is 12.5. The zero-order valence-electron chi connectivity index (χ0n) is 14.6. The highest BCUT2D eigenvalue weighted by Gasteiger charge is 2.23. The van der Waals surface area contributed by atoms with Crippen molar-refractivity contribution >= 4 is 29.5 Å². The van der Waals surface area contributed by atoms with Gasteiger partial charge < -0.3 is 14.8 Å². The molecular formula is C18H23ClN2O5. The highest BCUT2D eigenvalue weighted by atomic mass is 35.5. The van der Waals surface area contributed by atoms with E-state index in [1.165, 1.54) is 0 Å². The maximum absolute atomic E-state index is 11.8. The number of para-hydroxylation sites is 1. The van der Waals surface area contributed by atoms with Gasteiger partial charge >= 0.3 is 12.0 Å². The van der Waals surface area contributed by atoms with E-state index < -0.39 is 24.5 Å². The number of benzene rings is 1. The van der Waals surface area contributed by atoms with E-state index in [-0.39, 0.29) is 12.6 Å². The van der Waals surface area contributed by atoms with Gasteiger partial charge in [-0.15, -0.1) is 0 Å². The fourth-order valence-electron chi connectivity index (χ4n) is 2.78. The minimum Gasteiger partial charge on any atom is -0.480 e. The van der Waals surface area contributed by atoms with Gasteiger partial charge in [0.25, 0.3) is 5.91 Å². The van der Waals surface area contributed by atoms with Gasteiger partial charge in [-0.2, -0.15) is 0 Å². The zero-order chi connectivity index (χ0) is 18.9. The van der Waals surface area contributed by atoms with Gasteiger partial charge in [0.05, 0.1) is 5.02 Å². The molecule has 2 rings (SSSR count). The lowest BCUT2D eigenvalue weighted by molar-refractivity contribution is -0.150. The van der Waals surface area contributed by atoms with Crippen LogP contribution in [0, 0.1) is 5.92 Å². The molecule has 0 radical (unpaired) electrons. The Morgan fingerprint density at radius 1 is 1.15 bits per heavy atom. The Kier molecular flexibility index (Phi) is 7.72. The summed E-state index contributed by atoms with van der Waals surface area (Å²) >= 11 is 5.90. The lowest BCUT2D eigenvalue weighted by Gasteiger charge is -2.29. The Morgan fingerprint density at radius 2 is 1.88 bits per heavy atom. The molecule has 8 heteroatoms. The quantitative estimate of drug-likeness (QED) is 0.738. The van der Waals surface area contributed by atoms with Crippen molar-refractivity contribution in [1.82, 2.24) is 10.6 Å². The summed E-state index contributed by atoms with van der Waals surface area (Å²) in [4.78, 5) is 35.1. The third-order valence-corrected chi connectivity index (χ3v) is 4.54. The molecule has 0 aromatic heterocycles. The molecule has 1 aliphatic rings.